The molecule has 0 bridgehead atoms. The van der Waals surface area contributed by atoms with Crippen LogP contribution in [0.2, 0.25) is 0 Å². The number of carbonyl (C=O) groups is 1. The van der Waals surface area contributed by atoms with E-state index < -0.39 is 0 Å². The summed E-state index contributed by atoms with van der Waals surface area (Å²) < 4.78 is 7.72. The highest BCUT2D eigenvalue weighted by Crippen LogP contribution is 1.96. The molecule has 9 heavy (non-hydrogen) atoms. The van der Waals surface area contributed by atoms with E-state index in [1.807, 2.05) is 0 Å². The topological polar surface area (TPSA) is 42.9 Å². The summed E-state index contributed by atoms with van der Waals surface area (Å²) in [4.78, 5) is 9.86. The smallest absolute Gasteiger partial charge is 0.120 e. The average molecular weight is 142 g/mol. The molecular formula is C5H6N2OS. The molecule has 3 nitrogen and oxygen atoms in total. The minimum atomic E-state index is 0.547. The molecule has 1 aromatic rings. The number of carbonyl (C=O) groups excluding carboxylic acids is 1. The second-order valence-corrected chi connectivity index (χ2v) is 2.16. The summed E-state index contributed by atoms with van der Waals surface area (Å²) >= 11 is 1.17. The maximum atomic E-state index is 9.86. The lowest BCUT2D eigenvalue weighted by molar-refractivity contribution is -0.107. The monoisotopic (exact) mass is 142 g/mol. The number of hydrogen-bond acceptors (Lipinski definition) is 4. The van der Waals surface area contributed by atoms with Gasteiger partial charge in [-0.3, -0.25) is 0 Å². The van der Waals surface area contributed by atoms with E-state index in [1.165, 1.54) is 11.7 Å². The zero-order valence-corrected chi connectivity index (χ0v) is 5.60. The Labute approximate surface area is 57.0 Å². The normalized spacial score (nSPS) is 9.33. The van der Waals surface area contributed by atoms with Gasteiger partial charge in [0, 0.05) is 6.42 Å². The first-order chi connectivity index (χ1) is 4.43. The standard InChI is InChI=1S/C5H6N2OS/c8-3-1-2-5-4-6-9-7-5/h3-4H,1-2H2. The molecule has 0 unspecified atom stereocenters. The predicted molar refractivity (Wildman–Crippen MR) is 34.3 cm³/mol. The number of aldehydes is 1. The van der Waals surface area contributed by atoms with Crippen molar-refractivity contribution < 1.29 is 4.79 Å². The molecular weight excluding hydrogens is 136 g/mol. The molecule has 0 saturated heterocycles. The number of hydrogen-bond donors (Lipinski definition) is 0. The molecule has 0 aliphatic rings. The molecule has 48 valence electrons. The fourth-order valence-electron chi connectivity index (χ4n) is 0.501. The molecule has 0 N–H and O–H groups in total. The van der Waals surface area contributed by atoms with E-state index in [0.29, 0.717) is 6.42 Å². The average Bonchev–Trinajstić information content (AvgIpc) is 2.34. The second kappa shape index (κ2) is 3.29. The first-order valence-corrected chi connectivity index (χ1v) is 3.36. The summed E-state index contributed by atoms with van der Waals surface area (Å²) in [5.74, 6) is 0. The lowest BCUT2D eigenvalue weighted by Crippen LogP contribution is -1.83. The van der Waals surface area contributed by atoms with E-state index in [2.05, 4.69) is 8.75 Å². The summed E-state index contributed by atoms with van der Waals surface area (Å²) in [6.07, 6.45) is 3.85. The summed E-state index contributed by atoms with van der Waals surface area (Å²) in [6.45, 7) is 0. The summed E-state index contributed by atoms with van der Waals surface area (Å²) in [6, 6.07) is 0. The van der Waals surface area contributed by atoms with Crippen LogP contribution in [0.1, 0.15) is 12.1 Å². The third-order valence-corrected chi connectivity index (χ3v) is 1.44. The molecule has 0 radical (unpaired) electrons. The highest BCUT2D eigenvalue weighted by Gasteiger charge is 1.92. The quantitative estimate of drug-likeness (QED) is 0.582. The van der Waals surface area contributed by atoms with Crippen molar-refractivity contribution in [2.45, 2.75) is 12.8 Å². The van der Waals surface area contributed by atoms with Crippen LogP contribution in [-0.4, -0.2) is 15.0 Å². The number of nitrogens with zero attached hydrogens (tertiary/aromatic N) is 2. The Kier molecular flexibility index (Phi) is 2.32. The fraction of sp³-hybridized carbons (Fsp3) is 0.400. The Bertz CT molecular complexity index is 173. The van der Waals surface area contributed by atoms with Gasteiger partial charge in [0.25, 0.3) is 0 Å². The Morgan fingerprint density at radius 3 is 3.22 bits per heavy atom. The van der Waals surface area contributed by atoms with Crippen LogP contribution in [0.5, 0.6) is 0 Å². The molecule has 1 heterocycles. The van der Waals surface area contributed by atoms with Crippen molar-refractivity contribution >= 4 is 18.0 Å². The number of rotatable bonds is 3. The van der Waals surface area contributed by atoms with E-state index in [0.717, 1.165) is 18.4 Å². The van der Waals surface area contributed by atoms with E-state index in [1.54, 1.807) is 6.20 Å². The van der Waals surface area contributed by atoms with Crippen molar-refractivity contribution in [3.8, 4) is 0 Å². The highest BCUT2D eigenvalue weighted by molar-refractivity contribution is 6.99. The largest absolute Gasteiger partial charge is 0.303 e. The predicted octanol–water partition coefficient (Wildman–Crippen LogP) is 0.670. The first-order valence-electron chi connectivity index (χ1n) is 2.63. The minimum absolute atomic E-state index is 0.547. The molecule has 1 aromatic heterocycles. The zero-order chi connectivity index (χ0) is 6.53. The molecule has 0 aliphatic carbocycles. The van der Waals surface area contributed by atoms with Crippen molar-refractivity contribution in [3.05, 3.63) is 11.9 Å². The Balaban J connectivity index is 2.38. The lowest BCUT2D eigenvalue weighted by Gasteiger charge is -1.82. The first kappa shape index (κ1) is 6.35. The maximum absolute atomic E-state index is 9.86. The lowest BCUT2D eigenvalue weighted by atomic mass is 10.3. The van der Waals surface area contributed by atoms with Gasteiger partial charge in [0.1, 0.15) is 6.29 Å². The maximum Gasteiger partial charge on any atom is 0.120 e. The summed E-state index contributed by atoms with van der Waals surface area (Å²) in [5.41, 5.74) is 0.909. The molecule has 0 fully saturated rings. The van der Waals surface area contributed by atoms with Crippen molar-refractivity contribution in [1.82, 2.24) is 8.75 Å². The van der Waals surface area contributed by atoms with Gasteiger partial charge in [0.15, 0.2) is 0 Å². The molecule has 0 atom stereocenters. The SMILES string of the molecule is O=CCCc1cnsn1. The van der Waals surface area contributed by atoms with Gasteiger partial charge in [-0.2, -0.15) is 8.75 Å². The highest BCUT2D eigenvalue weighted by atomic mass is 32.1. The van der Waals surface area contributed by atoms with Gasteiger partial charge in [-0.05, 0) is 6.42 Å². The number of aryl methyl sites for hydroxylation is 1. The van der Waals surface area contributed by atoms with Gasteiger partial charge < -0.3 is 4.79 Å². The van der Waals surface area contributed by atoms with Crippen LogP contribution in [0.15, 0.2) is 6.20 Å². The second-order valence-electron chi connectivity index (χ2n) is 1.60. The third-order valence-electron chi connectivity index (χ3n) is 0.925. The van der Waals surface area contributed by atoms with Crippen molar-refractivity contribution in [2.75, 3.05) is 0 Å². The van der Waals surface area contributed by atoms with Gasteiger partial charge in [-0.25, -0.2) is 0 Å². The molecule has 0 aliphatic heterocycles. The van der Waals surface area contributed by atoms with Gasteiger partial charge in [0.2, 0.25) is 0 Å². The van der Waals surface area contributed by atoms with E-state index in [-0.39, 0.29) is 0 Å². The van der Waals surface area contributed by atoms with Crippen molar-refractivity contribution in [1.29, 1.82) is 0 Å². The zero-order valence-electron chi connectivity index (χ0n) is 4.78. The molecule has 0 amide bonds. The van der Waals surface area contributed by atoms with Crippen molar-refractivity contribution in [3.63, 3.8) is 0 Å². The van der Waals surface area contributed by atoms with E-state index in [4.69, 9.17) is 0 Å². The van der Waals surface area contributed by atoms with E-state index >= 15 is 0 Å². The van der Waals surface area contributed by atoms with Gasteiger partial charge in [-0.15, -0.1) is 0 Å². The van der Waals surface area contributed by atoms with Crippen LogP contribution in [0.4, 0.5) is 0 Å². The Hall–Kier alpha value is -0.770. The van der Waals surface area contributed by atoms with Gasteiger partial charge in [-0.1, -0.05) is 0 Å². The fourth-order valence-corrected chi connectivity index (χ4v) is 0.960. The van der Waals surface area contributed by atoms with Crippen LogP contribution in [0, 0.1) is 0 Å². The molecule has 4 heteroatoms. The van der Waals surface area contributed by atoms with E-state index in [9.17, 15) is 4.79 Å². The molecule has 1 rings (SSSR count). The summed E-state index contributed by atoms with van der Waals surface area (Å²) in [7, 11) is 0. The van der Waals surface area contributed by atoms with Crippen LogP contribution in [-0.2, 0) is 11.2 Å². The third kappa shape index (κ3) is 1.89. The Morgan fingerprint density at radius 1 is 1.78 bits per heavy atom. The minimum Gasteiger partial charge on any atom is -0.303 e. The van der Waals surface area contributed by atoms with Crippen LogP contribution >= 0.6 is 11.7 Å². The van der Waals surface area contributed by atoms with Crippen LogP contribution < -0.4 is 0 Å². The molecule has 0 spiro atoms. The van der Waals surface area contributed by atoms with Crippen molar-refractivity contribution in [2.24, 2.45) is 0 Å². The number of aromatic nitrogens is 2. The van der Waals surface area contributed by atoms with Gasteiger partial charge in [0.05, 0.1) is 23.6 Å². The molecule has 0 aromatic carbocycles. The van der Waals surface area contributed by atoms with Crippen LogP contribution in [0.25, 0.3) is 0 Å². The molecule has 0 saturated carbocycles. The van der Waals surface area contributed by atoms with Crippen LogP contribution in [0.3, 0.4) is 0 Å². The Morgan fingerprint density at radius 2 is 2.67 bits per heavy atom. The summed E-state index contributed by atoms with van der Waals surface area (Å²) in [5, 5.41) is 0. The van der Waals surface area contributed by atoms with Gasteiger partial charge >= 0.3 is 0 Å².